The van der Waals surface area contributed by atoms with Gasteiger partial charge in [-0.2, -0.15) is 4.31 Å². The van der Waals surface area contributed by atoms with E-state index in [0.29, 0.717) is 18.0 Å². The van der Waals surface area contributed by atoms with E-state index in [4.69, 9.17) is 0 Å². The van der Waals surface area contributed by atoms with Gasteiger partial charge in [0.1, 0.15) is 5.00 Å². The molecule has 1 aromatic heterocycles. The van der Waals surface area contributed by atoms with Gasteiger partial charge in [0, 0.05) is 36.1 Å². The summed E-state index contributed by atoms with van der Waals surface area (Å²) in [7, 11) is -2.67. The Balaban J connectivity index is 1.57. The maximum Gasteiger partial charge on any atom is 0.413 e. The van der Waals surface area contributed by atoms with Crippen molar-refractivity contribution in [2.24, 2.45) is 0 Å². The van der Waals surface area contributed by atoms with Gasteiger partial charge in [-0.05, 0) is 62.2 Å². The Morgan fingerprint density at radius 1 is 1.05 bits per heavy atom. The second-order valence-corrected chi connectivity index (χ2v) is 12.9. The van der Waals surface area contributed by atoms with Crippen LogP contribution in [0.15, 0.2) is 59.5 Å². The van der Waals surface area contributed by atoms with E-state index in [-0.39, 0.29) is 28.6 Å². The van der Waals surface area contributed by atoms with E-state index in [1.165, 1.54) is 47.0 Å². The first-order chi connectivity index (χ1) is 19.5. The number of thiophene rings is 1. The molecule has 1 aliphatic rings. The Labute approximate surface area is 244 Å². The largest absolute Gasteiger partial charge is 0.453 e. The van der Waals surface area contributed by atoms with Gasteiger partial charge in [-0.25, -0.2) is 13.2 Å². The fraction of sp³-hybridized carbons (Fsp3) is 0.345. The number of nitrogens with zero attached hydrogens (tertiary/aromatic N) is 2. The molecular formula is C29H34N4O6S2. The molecule has 2 aromatic carbocycles. The lowest BCUT2D eigenvalue weighted by Crippen LogP contribution is -2.36. The van der Waals surface area contributed by atoms with Crippen LogP contribution in [0.5, 0.6) is 0 Å². The van der Waals surface area contributed by atoms with Gasteiger partial charge in [-0.1, -0.05) is 37.3 Å². The lowest BCUT2D eigenvalue weighted by Gasteiger charge is -2.26. The number of ether oxygens (including phenoxy) is 1. The minimum atomic E-state index is -3.84. The van der Waals surface area contributed by atoms with Crippen LogP contribution in [-0.2, 0) is 34.3 Å². The molecule has 41 heavy (non-hydrogen) atoms. The van der Waals surface area contributed by atoms with Crippen molar-refractivity contribution in [3.05, 3.63) is 81.7 Å². The Bertz CT molecular complexity index is 1520. The van der Waals surface area contributed by atoms with Crippen LogP contribution in [0.3, 0.4) is 0 Å². The molecular weight excluding hydrogens is 564 g/mol. The molecule has 10 nitrogen and oxygen atoms in total. The van der Waals surface area contributed by atoms with Crippen LogP contribution in [0.1, 0.15) is 57.5 Å². The number of amides is 3. The van der Waals surface area contributed by atoms with Crippen molar-refractivity contribution in [1.29, 1.82) is 0 Å². The summed E-state index contributed by atoms with van der Waals surface area (Å²) in [6.45, 7) is 8.13. The quantitative estimate of drug-likeness (QED) is 0.372. The maximum absolute atomic E-state index is 13.5. The van der Waals surface area contributed by atoms with Crippen LogP contribution in [0, 0.1) is 0 Å². The number of anilines is 1. The van der Waals surface area contributed by atoms with Gasteiger partial charge in [0.25, 0.3) is 11.8 Å². The van der Waals surface area contributed by atoms with Crippen molar-refractivity contribution >= 4 is 44.3 Å². The van der Waals surface area contributed by atoms with E-state index >= 15 is 0 Å². The number of hydrogen-bond acceptors (Lipinski definition) is 8. The number of sulfonamides is 1. The molecule has 0 aliphatic carbocycles. The van der Waals surface area contributed by atoms with E-state index in [2.05, 4.69) is 27.2 Å². The minimum absolute atomic E-state index is 0.0723. The molecule has 0 bridgehead atoms. The monoisotopic (exact) mass is 598 g/mol. The molecule has 1 aliphatic heterocycles. The second-order valence-electron chi connectivity index (χ2n) is 9.88. The summed E-state index contributed by atoms with van der Waals surface area (Å²) in [4.78, 5) is 41.2. The van der Waals surface area contributed by atoms with E-state index in [1.54, 1.807) is 0 Å². The zero-order valence-corrected chi connectivity index (χ0v) is 25.1. The fourth-order valence-electron chi connectivity index (χ4n) is 4.66. The number of rotatable bonds is 9. The van der Waals surface area contributed by atoms with Crippen molar-refractivity contribution in [2.75, 3.05) is 25.5 Å². The highest BCUT2D eigenvalue weighted by Crippen LogP contribution is 2.37. The summed E-state index contributed by atoms with van der Waals surface area (Å²) in [5, 5.41) is 5.33. The molecule has 3 aromatic rings. The molecule has 0 saturated heterocycles. The Morgan fingerprint density at radius 2 is 1.73 bits per heavy atom. The van der Waals surface area contributed by atoms with Crippen molar-refractivity contribution in [2.45, 2.75) is 51.2 Å². The lowest BCUT2D eigenvalue weighted by molar-refractivity contribution is 0.0936. The summed E-state index contributed by atoms with van der Waals surface area (Å²) in [6, 6.07) is 14.8. The van der Waals surface area contributed by atoms with E-state index in [0.717, 1.165) is 29.1 Å². The highest BCUT2D eigenvalue weighted by molar-refractivity contribution is 7.89. The predicted octanol–water partition coefficient (Wildman–Crippen LogP) is 4.47. The van der Waals surface area contributed by atoms with Crippen molar-refractivity contribution in [3.63, 3.8) is 0 Å². The van der Waals surface area contributed by atoms with Gasteiger partial charge in [-0.3, -0.25) is 19.8 Å². The number of carbonyl (C=O) groups excluding carboxylic acids is 3. The third-order valence-electron chi connectivity index (χ3n) is 6.92. The molecule has 0 fully saturated rings. The van der Waals surface area contributed by atoms with Crippen LogP contribution in [0.25, 0.3) is 0 Å². The van der Waals surface area contributed by atoms with Gasteiger partial charge in [0.15, 0.2) is 0 Å². The van der Waals surface area contributed by atoms with Crippen LogP contribution < -0.4 is 10.6 Å². The summed E-state index contributed by atoms with van der Waals surface area (Å²) < 4.78 is 33.0. The SMILES string of the molecule is CCN1CCc2c(sc(NC(=O)c3ccc(S(=O)(=O)N(Cc4ccccc4)C(C)C)cc3)c2C(=O)NC(=O)OC)C1. The average molecular weight is 599 g/mol. The van der Waals surface area contributed by atoms with Crippen molar-refractivity contribution in [1.82, 2.24) is 14.5 Å². The van der Waals surface area contributed by atoms with Gasteiger partial charge in [0.2, 0.25) is 10.0 Å². The number of imide groups is 1. The smallest absolute Gasteiger partial charge is 0.413 e. The topological polar surface area (TPSA) is 125 Å². The molecule has 12 heteroatoms. The number of fused-ring (bicyclic) bond motifs is 1. The van der Waals surface area contributed by atoms with Gasteiger partial charge >= 0.3 is 6.09 Å². The van der Waals surface area contributed by atoms with E-state index < -0.39 is 27.9 Å². The molecule has 0 saturated carbocycles. The summed E-state index contributed by atoms with van der Waals surface area (Å²) >= 11 is 1.29. The van der Waals surface area contributed by atoms with Crippen molar-refractivity contribution in [3.8, 4) is 0 Å². The number of alkyl carbamates (subject to hydrolysis) is 1. The molecule has 0 radical (unpaired) electrons. The Morgan fingerprint density at radius 3 is 2.34 bits per heavy atom. The summed E-state index contributed by atoms with van der Waals surface area (Å²) in [5.74, 6) is -1.15. The van der Waals surface area contributed by atoms with E-state index in [1.807, 2.05) is 44.2 Å². The number of nitrogens with one attached hydrogen (secondary N) is 2. The maximum atomic E-state index is 13.5. The number of methoxy groups -OCH3 is 1. The summed E-state index contributed by atoms with van der Waals surface area (Å²) in [5.41, 5.74) is 2.13. The first kappa shape index (κ1) is 30.4. The molecule has 4 rings (SSSR count). The molecule has 2 N–H and O–H groups in total. The van der Waals surface area contributed by atoms with Crippen molar-refractivity contribution < 1.29 is 27.5 Å². The zero-order chi connectivity index (χ0) is 29.7. The van der Waals surface area contributed by atoms with Crippen LogP contribution in [0.4, 0.5) is 9.80 Å². The molecule has 0 unspecified atom stereocenters. The lowest BCUT2D eigenvalue weighted by atomic mass is 10.0. The van der Waals surface area contributed by atoms with Crippen LogP contribution in [0.2, 0.25) is 0 Å². The highest BCUT2D eigenvalue weighted by atomic mass is 32.2. The second kappa shape index (κ2) is 12.9. The highest BCUT2D eigenvalue weighted by Gasteiger charge is 2.30. The number of hydrogen-bond donors (Lipinski definition) is 2. The Kier molecular flexibility index (Phi) is 9.59. The van der Waals surface area contributed by atoms with Gasteiger partial charge in [-0.15, -0.1) is 11.3 Å². The van der Waals surface area contributed by atoms with Crippen LogP contribution in [-0.4, -0.2) is 61.8 Å². The third kappa shape index (κ3) is 6.84. The average Bonchev–Trinajstić information content (AvgIpc) is 3.33. The van der Waals surface area contributed by atoms with E-state index in [9.17, 15) is 22.8 Å². The number of likely N-dealkylation sites (N-methyl/N-ethyl adjacent to an activating group) is 1. The number of carbonyl (C=O) groups is 3. The molecule has 0 atom stereocenters. The standard InChI is InChI=1S/C29H34N4O6S2/c1-5-32-16-15-23-24(18-32)40-28(25(23)27(35)31-29(36)39-4)30-26(34)21-11-13-22(14-12-21)41(37,38)33(19(2)3)17-20-9-7-6-8-10-20/h6-14,19H,5,15-18H2,1-4H3,(H,30,34)(H,31,35,36). The molecule has 3 amide bonds. The first-order valence-electron chi connectivity index (χ1n) is 13.3. The van der Waals surface area contributed by atoms with Crippen LogP contribution >= 0.6 is 11.3 Å². The van der Waals surface area contributed by atoms with Gasteiger partial charge in [0.05, 0.1) is 17.6 Å². The Hall–Kier alpha value is -3.58. The van der Waals surface area contributed by atoms with Gasteiger partial charge < -0.3 is 10.1 Å². The minimum Gasteiger partial charge on any atom is -0.453 e. The third-order valence-corrected chi connectivity index (χ3v) is 10.1. The zero-order valence-electron chi connectivity index (χ0n) is 23.5. The molecule has 2 heterocycles. The molecule has 218 valence electrons. The first-order valence-corrected chi connectivity index (χ1v) is 15.5. The summed E-state index contributed by atoms with van der Waals surface area (Å²) in [6.07, 6.45) is -0.292. The normalized spacial score (nSPS) is 13.6. The number of benzene rings is 2. The predicted molar refractivity (Wildman–Crippen MR) is 158 cm³/mol. The molecule has 0 spiro atoms. The fourth-order valence-corrected chi connectivity index (χ4v) is 7.57.